The molecule has 1 aliphatic carbocycles. The second-order valence-corrected chi connectivity index (χ2v) is 10.2. The fourth-order valence-electron chi connectivity index (χ4n) is 3.35. The van der Waals surface area contributed by atoms with Gasteiger partial charge in [-0.2, -0.15) is 0 Å². The molecule has 1 aliphatic heterocycles. The summed E-state index contributed by atoms with van der Waals surface area (Å²) in [5.41, 5.74) is 0.734. The van der Waals surface area contributed by atoms with Gasteiger partial charge in [0, 0.05) is 31.6 Å². The highest BCUT2D eigenvalue weighted by atomic mass is 127. The zero-order valence-electron chi connectivity index (χ0n) is 15.4. The van der Waals surface area contributed by atoms with Gasteiger partial charge in [0.25, 0.3) is 0 Å². The zero-order chi connectivity index (χ0) is 18.2. The van der Waals surface area contributed by atoms with Crippen LogP contribution in [0, 0.1) is 5.82 Å². The van der Waals surface area contributed by atoms with Crippen molar-refractivity contribution in [3.63, 3.8) is 0 Å². The summed E-state index contributed by atoms with van der Waals surface area (Å²) in [6.07, 6.45) is 0.860. The summed E-state index contributed by atoms with van der Waals surface area (Å²) in [4.78, 5) is 6.55. The number of benzene rings is 1. The lowest BCUT2D eigenvalue weighted by Crippen LogP contribution is -2.57. The summed E-state index contributed by atoms with van der Waals surface area (Å²) in [7, 11) is -3.09. The fourth-order valence-corrected chi connectivity index (χ4v) is 4.72. The Labute approximate surface area is 172 Å². The van der Waals surface area contributed by atoms with Crippen LogP contribution >= 0.6 is 24.0 Å². The molecule has 2 fully saturated rings. The molecule has 2 unspecified atom stereocenters. The number of guanidine groups is 1. The standard InChI is InChI=1S/C18H26FN3O2S.HI/c1-4-20-17(22-9-10-25(23,24)18(2,3)12-22)21-16-11-14(16)13-7-5-6-8-15(13)19;/h5-8,14,16H,4,9-12H2,1-3H3,(H,20,21);1H. The van der Waals surface area contributed by atoms with Crippen molar-refractivity contribution in [3.05, 3.63) is 35.6 Å². The first-order valence-corrected chi connectivity index (χ1v) is 10.4. The topological polar surface area (TPSA) is 61.8 Å². The van der Waals surface area contributed by atoms with Crippen LogP contribution in [0.2, 0.25) is 0 Å². The van der Waals surface area contributed by atoms with Gasteiger partial charge < -0.3 is 10.2 Å². The number of rotatable bonds is 3. The number of hydrogen-bond donors (Lipinski definition) is 1. The molecule has 8 heteroatoms. The summed E-state index contributed by atoms with van der Waals surface area (Å²) in [6, 6.07) is 7.01. The minimum Gasteiger partial charge on any atom is -0.353 e. The molecule has 1 saturated carbocycles. The maximum atomic E-state index is 13.9. The molecule has 3 rings (SSSR count). The zero-order valence-corrected chi connectivity index (χ0v) is 18.6. The molecule has 2 aliphatic rings. The molecule has 1 N–H and O–H groups in total. The Bertz CT molecular complexity index is 782. The largest absolute Gasteiger partial charge is 0.353 e. The van der Waals surface area contributed by atoms with E-state index in [9.17, 15) is 12.8 Å². The molecule has 0 aromatic heterocycles. The molecule has 2 atom stereocenters. The van der Waals surface area contributed by atoms with Crippen molar-refractivity contribution in [1.29, 1.82) is 0 Å². The van der Waals surface area contributed by atoms with E-state index < -0.39 is 14.6 Å². The highest BCUT2D eigenvalue weighted by Crippen LogP contribution is 2.42. The molecule has 1 saturated heterocycles. The summed E-state index contributed by atoms with van der Waals surface area (Å²) in [5, 5.41) is 3.42. The van der Waals surface area contributed by atoms with Crippen LogP contribution in [0.3, 0.4) is 0 Å². The Morgan fingerprint density at radius 1 is 1.38 bits per heavy atom. The Morgan fingerprint density at radius 3 is 2.69 bits per heavy atom. The van der Waals surface area contributed by atoms with Crippen LogP contribution in [0.15, 0.2) is 29.3 Å². The van der Waals surface area contributed by atoms with Gasteiger partial charge in [-0.1, -0.05) is 18.2 Å². The fraction of sp³-hybridized carbons (Fsp3) is 0.611. The second-order valence-electron chi connectivity index (χ2n) is 7.41. The van der Waals surface area contributed by atoms with Gasteiger partial charge in [-0.25, -0.2) is 12.8 Å². The Balaban J connectivity index is 0.00000243. The predicted molar refractivity (Wildman–Crippen MR) is 114 cm³/mol. The summed E-state index contributed by atoms with van der Waals surface area (Å²) in [5.74, 6) is 0.835. The smallest absolute Gasteiger partial charge is 0.194 e. The molecule has 1 aromatic rings. The summed E-state index contributed by atoms with van der Waals surface area (Å²) in [6.45, 7) is 6.94. The van der Waals surface area contributed by atoms with Gasteiger partial charge in [-0.15, -0.1) is 24.0 Å². The number of nitrogens with one attached hydrogen (secondary N) is 1. The first kappa shape index (κ1) is 21.4. The molecule has 0 amide bonds. The molecule has 1 heterocycles. The van der Waals surface area contributed by atoms with Gasteiger partial charge >= 0.3 is 0 Å². The van der Waals surface area contributed by atoms with Gasteiger partial charge in [0.15, 0.2) is 15.8 Å². The lowest BCUT2D eigenvalue weighted by Gasteiger charge is -2.39. The highest BCUT2D eigenvalue weighted by Gasteiger charge is 2.44. The third kappa shape index (κ3) is 4.32. The minimum absolute atomic E-state index is 0. The predicted octanol–water partition coefficient (Wildman–Crippen LogP) is 2.77. The van der Waals surface area contributed by atoms with E-state index in [1.165, 1.54) is 6.07 Å². The lowest BCUT2D eigenvalue weighted by atomic mass is 10.1. The molecule has 5 nitrogen and oxygen atoms in total. The SMILES string of the molecule is CCN=C(NC1CC1c1ccccc1F)N1CCS(=O)(=O)C(C)(C)C1.I. The van der Waals surface area contributed by atoms with Crippen molar-refractivity contribution in [2.75, 3.05) is 25.4 Å². The van der Waals surface area contributed by atoms with Crippen LogP contribution in [-0.2, 0) is 9.84 Å². The van der Waals surface area contributed by atoms with Crippen molar-refractivity contribution < 1.29 is 12.8 Å². The van der Waals surface area contributed by atoms with Crippen LogP contribution in [0.5, 0.6) is 0 Å². The van der Waals surface area contributed by atoms with Crippen LogP contribution in [-0.4, -0.2) is 55.5 Å². The first-order valence-electron chi connectivity index (χ1n) is 8.78. The average molecular weight is 495 g/mol. The monoisotopic (exact) mass is 495 g/mol. The maximum absolute atomic E-state index is 13.9. The van der Waals surface area contributed by atoms with E-state index >= 15 is 0 Å². The molecule has 26 heavy (non-hydrogen) atoms. The van der Waals surface area contributed by atoms with E-state index in [-0.39, 0.29) is 47.5 Å². The summed E-state index contributed by atoms with van der Waals surface area (Å²) < 4.78 is 37.6. The van der Waals surface area contributed by atoms with Crippen LogP contribution < -0.4 is 5.32 Å². The lowest BCUT2D eigenvalue weighted by molar-refractivity contribution is 0.352. The normalized spacial score (nSPS) is 26.8. The maximum Gasteiger partial charge on any atom is 0.194 e. The Hall–Kier alpha value is -0.900. The molecule has 146 valence electrons. The molecule has 0 radical (unpaired) electrons. The van der Waals surface area contributed by atoms with E-state index in [0.29, 0.717) is 19.6 Å². The molecule has 1 aromatic carbocycles. The number of aliphatic imine (C=N–C) groups is 1. The third-order valence-corrected chi connectivity index (χ3v) is 7.59. The number of sulfone groups is 1. The number of halogens is 2. The minimum atomic E-state index is -3.09. The van der Waals surface area contributed by atoms with Gasteiger partial charge in [0.2, 0.25) is 0 Å². The van der Waals surface area contributed by atoms with Crippen molar-refractivity contribution in [2.24, 2.45) is 4.99 Å². The Morgan fingerprint density at radius 2 is 2.08 bits per heavy atom. The van der Waals surface area contributed by atoms with Crippen molar-refractivity contribution in [2.45, 2.75) is 43.9 Å². The molecular formula is C18H27FIN3O2S. The van der Waals surface area contributed by atoms with Crippen molar-refractivity contribution in [1.82, 2.24) is 10.2 Å². The average Bonchev–Trinajstić information content (AvgIpc) is 3.29. The van der Waals surface area contributed by atoms with Gasteiger partial charge in [-0.05, 0) is 38.8 Å². The third-order valence-electron chi connectivity index (χ3n) is 5.06. The van der Waals surface area contributed by atoms with Crippen LogP contribution in [0.4, 0.5) is 4.39 Å². The van der Waals surface area contributed by atoms with E-state index in [1.807, 2.05) is 24.0 Å². The van der Waals surface area contributed by atoms with Gasteiger partial charge in [-0.3, -0.25) is 4.99 Å². The van der Waals surface area contributed by atoms with Gasteiger partial charge in [0.05, 0.1) is 10.5 Å². The van der Waals surface area contributed by atoms with Crippen molar-refractivity contribution in [3.8, 4) is 0 Å². The summed E-state index contributed by atoms with van der Waals surface area (Å²) >= 11 is 0. The quantitative estimate of drug-likeness (QED) is 0.398. The van der Waals surface area contributed by atoms with Crippen LogP contribution in [0.1, 0.15) is 38.7 Å². The molecule has 0 spiro atoms. The van der Waals surface area contributed by atoms with Gasteiger partial charge in [0.1, 0.15) is 5.82 Å². The second kappa shape index (κ2) is 8.00. The van der Waals surface area contributed by atoms with E-state index in [4.69, 9.17) is 0 Å². The van der Waals surface area contributed by atoms with Crippen LogP contribution in [0.25, 0.3) is 0 Å². The van der Waals surface area contributed by atoms with E-state index in [1.54, 1.807) is 19.9 Å². The first-order chi connectivity index (χ1) is 11.7. The molecular weight excluding hydrogens is 468 g/mol. The molecule has 0 bridgehead atoms. The number of hydrogen-bond acceptors (Lipinski definition) is 3. The number of nitrogens with zero attached hydrogens (tertiary/aromatic N) is 2. The Kier molecular flexibility index (Phi) is 6.58. The van der Waals surface area contributed by atoms with E-state index in [0.717, 1.165) is 17.9 Å². The highest BCUT2D eigenvalue weighted by molar-refractivity contribution is 14.0. The van der Waals surface area contributed by atoms with E-state index in [2.05, 4.69) is 10.3 Å². The van der Waals surface area contributed by atoms with Crippen molar-refractivity contribution >= 4 is 39.8 Å².